The van der Waals surface area contributed by atoms with E-state index in [4.69, 9.17) is 0 Å². The lowest BCUT2D eigenvalue weighted by Gasteiger charge is -2.32. The van der Waals surface area contributed by atoms with Gasteiger partial charge in [0.15, 0.2) is 0 Å². The van der Waals surface area contributed by atoms with Gasteiger partial charge in [0.05, 0.1) is 0 Å². The van der Waals surface area contributed by atoms with Gasteiger partial charge in [0.1, 0.15) is 0 Å². The van der Waals surface area contributed by atoms with Crippen molar-refractivity contribution in [3.05, 3.63) is 0 Å². The molecule has 0 aromatic carbocycles. The summed E-state index contributed by atoms with van der Waals surface area (Å²) in [6, 6.07) is 0.398. The molecule has 14 heavy (non-hydrogen) atoms. The van der Waals surface area contributed by atoms with Crippen LogP contribution in [0.2, 0.25) is 0 Å². The minimum absolute atomic E-state index is 0.125. The van der Waals surface area contributed by atoms with Crippen molar-refractivity contribution >= 4 is 5.71 Å². The molecule has 1 N–H and O–H groups in total. The molecule has 2 nitrogen and oxygen atoms in total. The van der Waals surface area contributed by atoms with Crippen LogP contribution in [0.4, 0.5) is 0 Å². The van der Waals surface area contributed by atoms with Crippen molar-refractivity contribution in [3.63, 3.8) is 0 Å². The van der Waals surface area contributed by atoms with Crippen LogP contribution >= 0.6 is 0 Å². The van der Waals surface area contributed by atoms with Gasteiger partial charge in [0.25, 0.3) is 0 Å². The Morgan fingerprint density at radius 1 is 0.929 bits per heavy atom. The van der Waals surface area contributed by atoms with Gasteiger partial charge in [-0.1, -0.05) is 41.5 Å². The fourth-order valence-electron chi connectivity index (χ4n) is 1.65. The highest BCUT2D eigenvalue weighted by Gasteiger charge is 2.30. The first-order valence-corrected chi connectivity index (χ1v) is 5.39. The molecule has 0 aliphatic carbocycles. The van der Waals surface area contributed by atoms with E-state index >= 15 is 0 Å². The van der Waals surface area contributed by atoms with Crippen LogP contribution in [0.5, 0.6) is 0 Å². The zero-order valence-electron chi connectivity index (χ0n) is 11.0. The molecule has 0 aliphatic heterocycles. The van der Waals surface area contributed by atoms with Crippen molar-refractivity contribution in [1.29, 1.82) is 0 Å². The van der Waals surface area contributed by atoms with E-state index in [2.05, 4.69) is 65.9 Å². The first-order valence-electron chi connectivity index (χ1n) is 5.39. The molecule has 0 atom stereocenters. The molecule has 0 saturated heterocycles. The molecular formula is C12H26N2. The fourth-order valence-corrected chi connectivity index (χ4v) is 1.65. The molecular weight excluding hydrogens is 172 g/mol. The summed E-state index contributed by atoms with van der Waals surface area (Å²) in [5.74, 6) is 0. The van der Waals surface area contributed by atoms with E-state index in [9.17, 15) is 0 Å². The Kier molecular flexibility index (Phi) is 4.16. The summed E-state index contributed by atoms with van der Waals surface area (Å²) in [4.78, 5) is 0. The Labute approximate surface area is 89.2 Å². The van der Waals surface area contributed by atoms with Crippen LogP contribution in [0.15, 0.2) is 5.10 Å². The summed E-state index contributed by atoms with van der Waals surface area (Å²) in [5, 5.41) is 4.53. The Bertz CT molecular complexity index is 185. The molecule has 0 aliphatic rings. The summed E-state index contributed by atoms with van der Waals surface area (Å²) in [5.41, 5.74) is 4.62. The van der Waals surface area contributed by atoms with Crippen LogP contribution < -0.4 is 5.43 Å². The van der Waals surface area contributed by atoms with Crippen molar-refractivity contribution in [3.8, 4) is 0 Å². The minimum atomic E-state index is 0.125. The molecule has 0 spiro atoms. The maximum Gasteiger partial charge on any atom is 0.0485 e. The van der Waals surface area contributed by atoms with Gasteiger partial charge < -0.3 is 5.43 Å². The maximum absolute atomic E-state index is 4.53. The summed E-state index contributed by atoms with van der Waals surface area (Å²) < 4.78 is 0. The van der Waals surface area contributed by atoms with Gasteiger partial charge in [-0.25, -0.2) is 0 Å². The van der Waals surface area contributed by atoms with E-state index in [1.807, 2.05) is 0 Å². The molecule has 0 rings (SSSR count). The lowest BCUT2D eigenvalue weighted by Crippen LogP contribution is -2.35. The first kappa shape index (κ1) is 13.5. The lowest BCUT2D eigenvalue weighted by atomic mass is 9.75. The molecule has 0 aromatic heterocycles. The number of nitrogens with one attached hydrogen (secondary N) is 1. The number of hydrazone groups is 1. The van der Waals surface area contributed by atoms with Crippen molar-refractivity contribution in [2.24, 2.45) is 15.9 Å². The molecule has 2 heteroatoms. The van der Waals surface area contributed by atoms with Gasteiger partial charge in [0.2, 0.25) is 0 Å². The second kappa shape index (κ2) is 4.33. The Hall–Kier alpha value is -0.530. The minimum Gasteiger partial charge on any atom is -0.308 e. The highest BCUT2D eigenvalue weighted by atomic mass is 15.3. The number of nitrogens with zero attached hydrogens (tertiary/aromatic N) is 1. The van der Waals surface area contributed by atoms with E-state index in [1.54, 1.807) is 0 Å². The smallest absolute Gasteiger partial charge is 0.0485 e. The largest absolute Gasteiger partial charge is 0.308 e. The maximum atomic E-state index is 4.53. The third-order valence-electron chi connectivity index (χ3n) is 1.86. The van der Waals surface area contributed by atoms with Crippen LogP contribution in [-0.4, -0.2) is 11.8 Å². The lowest BCUT2D eigenvalue weighted by molar-refractivity contribution is 0.463. The molecule has 0 radical (unpaired) electrons. The highest BCUT2D eigenvalue weighted by molar-refractivity contribution is 5.93. The second-order valence-corrected chi connectivity index (χ2v) is 6.24. The quantitative estimate of drug-likeness (QED) is 0.533. The average Bonchev–Trinajstić information content (AvgIpc) is 1.78. The molecule has 0 saturated carbocycles. The summed E-state index contributed by atoms with van der Waals surface area (Å²) in [7, 11) is 0. The number of hydrogen-bond donors (Lipinski definition) is 1. The van der Waals surface area contributed by atoms with Gasteiger partial charge in [0, 0.05) is 22.6 Å². The van der Waals surface area contributed by atoms with Gasteiger partial charge in [-0.2, -0.15) is 5.10 Å². The molecule has 0 bridgehead atoms. The van der Waals surface area contributed by atoms with Gasteiger partial charge in [-0.3, -0.25) is 0 Å². The molecule has 0 amide bonds. The predicted octanol–water partition coefficient (Wildman–Crippen LogP) is 3.43. The summed E-state index contributed by atoms with van der Waals surface area (Å²) in [6.45, 7) is 17.5. The fraction of sp³-hybridized carbons (Fsp3) is 0.917. The molecule has 0 heterocycles. The topological polar surface area (TPSA) is 24.4 Å². The van der Waals surface area contributed by atoms with Gasteiger partial charge in [-0.05, 0) is 13.8 Å². The first-order chi connectivity index (χ1) is 6.05. The number of hydrogen-bond acceptors (Lipinski definition) is 2. The normalized spacial score (nSPS) is 12.9. The SMILES string of the molecule is CC(C)NN=C(C(C)(C)C)C(C)(C)C. The summed E-state index contributed by atoms with van der Waals surface area (Å²) >= 11 is 0. The number of rotatable bonds is 2. The average molecular weight is 198 g/mol. The van der Waals surface area contributed by atoms with E-state index < -0.39 is 0 Å². The molecule has 84 valence electrons. The van der Waals surface area contributed by atoms with Crippen LogP contribution in [0, 0.1) is 10.8 Å². The highest BCUT2D eigenvalue weighted by Crippen LogP contribution is 2.29. The predicted molar refractivity (Wildman–Crippen MR) is 64.6 cm³/mol. The van der Waals surface area contributed by atoms with Crippen LogP contribution in [0.3, 0.4) is 0 Å². The van der Waals surface area contributed by atoms with E-state index in [0.29, 0.717) is 6.04 Å². The standard InChI is InChI=1S/C12H26N2/c1-9(2)13-14-10(11(3,4)5)12(6,7)8/h9,13H,1-8H3. The molecule has 0 fully saturated rings. The Balaban J connectivity index is 4.84. The Morgan fingerprint density at radius 3 is 1.50 bits per heavy atom. The Morgan fingerprint density at radius 2 is 1.29 bits per heavy atom. The third kappa shape index (κ3) is 4.64. The zero-order valence-corrected chi connectivity index (χ0v) is 11.0. The van der Waals surface area contributed by atoms with E-state index in [-0.39, 0.29) is 10.8 Å². The molecule has 0 unspecified atom stereocenters. The molecule has 0 aromatic rings. The van der Waals surface area contributed by atoms with Crippen LogP contribution in [0.25, 0.3) is 0 Å². The second-order valence-electron chi connectivity index (χ2n) is 6.24. The van der Waals surface area contributed by atoms with E-state index in [0.717, 1.165) is 0 Å². The third-order valence-corrected chi connectivity index (χ3v) is 1.86. The van der Waals surface area contributed by atoms with Crippen molar-refractivity contribution in [2.75, 3.05) is 0 Å². The summed E-state index contributed by atoms with van der Waals surface area (Å²) in [6.07, 6.45) is 0. The van der Waals surface area contributed by atoms with Crippen molar-refractivity contribution in [1.82, 2.24) is 5.43 Å². The van der Waals surface area contributed by atoms with Gasteiger partial charge in [-0.15, -0.1) is 0 Å². The van der Waals surface area contributed by atoms with E-state index in [1.165, 1.54) is 5.71 Å². The van der Waals surface area contributed by atoms with Crippen LogP contribution in [-0.2, 0) is 0 Å². The zero-order chi connectivity index (χ0) is 11.6. The van der Waals surface area contributed by atoms with Crippen molar-refractivity contribution < 1.29 is 0 Å². The van der Waals surface area contributed by atoms with Crippen LogP contribution in [0.1, 0.15) is 55.4 Å². The van der Waals surface area contributed by atoms with Gasteiger partial charge >= 0.3 is 0 Å². The van der Waals surface area contributed by atoms with Crippen molar-refractivity contribution in [2.45, 2.75) is 61.4 Å². The monoisotopic (exact) mass is 198 g/mol.